The molecule has 0 fully saturated rings. The Labute approximate surface area is 148 Å². The molecule has 3 aromatic rings. The SMILES string of the molecule is Cc1ccc(CC(=O)Nc2ccc(Oc3ccccc3)cc2)cc1C. The molecule has 0 unspecified atom stereocenters. The van der Waals surface area contributed by atoms with Crippen LogP contribution in [0.2, 0.25) is 0 Å². The molecule has 3 rings (SSSR count). The fraction of sp³-hybridized carbons (Fsp3) is 0.136. The summed E-state index contributed by atoms with van der Waals surface area (Å²) >= 11 is 0. The Kier molecular flexibility index (Phi) is 5.14. The molecule has 0 radical (unpaired) electrons. The van der Waals surface area contributed by atoms with Crippen molar-refractivity contribution in [2.75, 3.05) is 5.32 Å². The van der Waals surface area contributed by atoms with Crippen LogP contribution in [0.3, 0.4) is 0 Å². The van der Waals surface area contributed by atoms with Crippen LogP contribution in [0.4, 0.5) is 5.69 Å². The van der Waals surface area contributed by atoms with Gasteiger partial charge in [-0.05, 0) is 66.9 Å². The molecule has 0 saturated carbocycles. The largest absolute Gasteiger partial charge is 0.457 e. The van der Waals surface area contributed by atoms with E-state index in [4.69, 9.17) is 4.74 Å². The Bertz CT molecular complexity index is 855. The highest BCUT2D eigenvalue weighted by Crippen LogP contribution is 2.22. The molecular formula is C22H21NO2. The molecule has 0 aliphatic rings. The number of nitrogens with one attached hydrogen (secondary N) is 1. The normalized spacial score (nSPS) is 10.3. The Balaban J connectivity index is 1.59. The fourth-order valence-corrected chi connectivity index (χ4v) is 2.53. The summed E-state index contributed by atoms with van der Waals surface area (Å²) in [7, 11) is 0. The first kappa shape index (κ1) is 16.8. The summed E-state index contributed by atoms with van der Waals surface area (Å²) in [5, 5.41) is 2.92. The quantitative estimate of drug-likeness (QED) is 0.691. The van der Waals surface area contributed by atoms with Crippen LogP contribution in [0.25, 0.3) is 0 Å². The van der Waals surface area contributed by atoms with Crippen molar-refractivity contribution in [2.24, 2.45) is 0 Å². The van der Waals surface area contributed by atoms with E-state index in [1.807, 2.05) is 66.7 Å². The van der Waals surface area contributed by atoms with Gasteiger partial charge in [-0.25, -0.2) is 0 Å². The van der Waals surface area contributed by atoms with Crippen molar-refractivity contribution in [3.8, 4) is 11.5 Å². The zero-order valence-corrected chi connectivity index (χ0v) is 14.5. The van der Waals surface area contributed by atoms with Crippen molar-refractivity contribution in [1.29, 1.82) is 0 Å². The minimum Gasteiger partial charge on any atom is -0.457 e. The van der Waals surface area contributed by atoms with Crippen molar-refractivity contribution >= 4 is 11.6 Å². The van der Waals surface area contributed by atoms with E-state index in [0.717, 1.165) is 22.7 Å². The molecule has 0 aliphatic heterocycles. The van der Waals surface area contributed by atoms with Gasteiger partial charge in [0, 0.05) is 5.69 Å². The number of para-hydroxylation sites is 1. The van der Waals surface area contributed by atoms with Crippen LogP contribution in [-0.2, 0) is 11.2 Å². The van der Waals surface area contributed by atoms with Gasteiger partial charge in [0.2, 0.25) is 5.91 Å². The predicted octanol–water partition coefficient (Wildman–Crippen LogP) is 5.28. The van der Waals surface area contributed by atoms with Gasteiger partial charge in [0.05, 0.1) is 6.42 Å². The summed E-state index contributed by atoms with van der Waals surface area (Å²) < 4.78 is 5.75. The third-order valence-electron chi connectivity index (χ3n) is 4.05. The van der Waals surface area contributed by atoms with Crippen LogP contribution in [-0.4, -0.2) is 5.91 Å². The lowest BCUT2D eigenvalue weighted by atomic mass is 10.0. The molecule has 126 valence electrons. The predicted molar refractivity (Wildman–Crippen MR) is 101 cm³/mol. The van der Waals surface area contributed by atoms with E-state index in [1.165, 1.54) is 11.1 Å². The van der Waals surface area contributed by atoms with Crippen LogP contribution < -0.4 is 10.1 Å². The van der Waals surface area contributed by atoms with Crippen molar-refractivity contribution < 1.29 is 9.53 Å². The highest BCUT2D eigenvalue weighted by molar-refractivity contribution is 5.92. The van der Waals surface area contributed by atoms with Gasteiger partial charge in [0.15, 0.2) is 0 Å². The Morgan fingerprint density at radius 3 is 2.20 bits per heavy atom. The number of hydrogen-bond acceptors (Lipinski definition) is 2. The first-order valence-corrected chi connectivity index (χ1v) is 8.29. The number of anilines is 1. The second-order valence-corrected chi connectivity index (χ2v) is 6.08. The molecular weight excluding hydrogens is 310 g/mol. The fourth-order valence-electron chi connectivity index (χ4n) is 2.53. The number of carbonyl (C=O) groups is 1. The number of ether oxygens (including phenoxy) is 1. The zero-order valence-electron chi connectivity index (χ0n) is 14.5. The van der Waals surface area contributed by atoms with Gasteiger partial charge in [-0.2, -0.15) is 0 Å². The molecule has 0 spiro atoms. The average Bonchev–Trinajstić information content (AvgIpc) is 2.61. The lowest BCUT2D eigenvalue weighted by molar-refractivity contribution is -0.115. The molecule has 1 N–H and O–H groups in total. The van der Waals surface area contributed by atoms with Crippen molar-refractivity contribution in [1.82, 2.24) is 0 Å². The Morgan fingerprint density at radius 1 is 0.840 bits per heavy atom. The second-order valence-electron chi connectivity index (χ2n) is 6.08. The number of amides is 1. The van der Waals surface area contributed by atoms with E-state index in [9.17, 15) is 4.79 Å². The van der Waals surface area contributed by atoms with Crippen LogP contribution in [0, 0.1) is 13.8 Å². The van der Waals surface area contributed by atoms with E-state index in [0.29, 0.717) is 6.42 Å². The van der Waals surface area contributed by atoms with Gasteiger partial charge in [-0.15, -0.1) is 0 Å². The molecule has 3 nitrogen and oxygen atoms in total. The van der Waals surface area contributed by atoms with Crippen molar-refractivity contribution in [3.05, 3.63) is 89.5 Å². The first-order valence-electron chi connectivity index (χ1n) is 8.29. The highest BCUT2D eigenvalue weighted by atomic mass is 16.5. The van der Waals surface area contributed by atoms with Crippen LogP contribution in [0.15, 0.2) is 72.8 Å². The maximum Gasteiger partial charge on any atom is 0.228 e. The monoisotopic (exact) mass is 331 g/mol. The topological polar surface area (TPSA) is 38.3 Å². The van der Waals surface area contributed by atoms with Gasteiger partial charge in [-0.1, -0.05) is 36.4 Å². The van der Waals surface area contributed by atoms with Crippen LogP contribution in [0.5, 0.6) is 11.5 Å². The number of carbonyl (C=O) groups excluding carboxylic acids is 1. The number of rotatable bonds is 5. The third kappa shape index (κ3) is 4.70. The molecule has 0 aromatic heterocycles. The van der Waals surface area contributed by atoms with E-state index in [-0.39, 0.29) is 5.91 Å². The lowest BCUT2D eigenvalue weighted by Gasteiger charge is -2.09. The Morgan fingerprint density at radius 2 is 1.52 bits per heavy atom. The summed E-state index contributed by atoms with van der Waals surface area (Å²) in [4.78, 5) is 12.2. The van der Waals surface area contributed by atoms with Gasteiger partial charge in [0.25, 0.3) is 0 Å². The molecule has 3 aromatic carbocycles. The van der Waals surface area contributed by atoms with E-state index >= 15 is 0 Å². The summed E-state index contributed by atoms with van der Waals surface area (Å²) in [6.07, 6.45) is 0.364. The molecule has 1 amide bonds. The molecule has 0 bridgehead atoms. The lowest BCUT2D eigenvalue weighted by Crippen LogP contribution is -2.14. The minimum atomic E-state index is -0.0278. The second kappa shape index (κ2) is 7.67. The van der Waals surface area contributed by atoms with E-state index in [2.05, 4.69) is 25.2 Å². The van der Waals surface area contributed by atoms with Gasteiger partial charge < -0.3 is 10.1 Å². The maximum absolute atomic E-state index is 12.2. The molecule has 0 heterocycles. The van der Waals surface area contributed by atoms with Gasteiger partial charge >= 0.3 is 0 Å². The van der Waals surface area contributed by atoms with E-state index < -0.39 is 0 Å². The minimum absolute atomic E-state index is 0.0278. The van der Waals surface area contributed by atoms with Crippen LogP contribution in [0.1, 0.15) is 16.7 Å². The zero-order chi connectivity index (χ0) is 17.6. The summed E-state index contributed by atoms with van der Waals surface area (Å²) in [6.45, 7) is 4.13. The van der Waals surface area contributed by atoms with Crippen LogP contribution >= 0.6 is 0 Å². The van der Waals surface area contributed by atoms with Gasteiger partial charge in [-0.3, -0.25) is 4.79 Å². The molecule has 25 heavy (non-hydrogen) atoms. The number of benzene rings is 3. The van der Waals surface area contributed by atoms with Gasteiger partial charge in [0.1, 0.15) is 11.5 Å². The Hall–Kier alpha value is -3.07. The highest BCUT2D eigenvalue weighted by Gasteiger charge is 2.06. The molecule has 0 atom stereocenters. The summed E-state index contributed by atoms with van der Waals surface area (Å²) in [5.41, 5.74) is 4.21. The summed E-state index contributed by atoms with van der Waals surface area (Å²) in [5.74, 6) is 1.49. The first-order chi connectivity index (χ1) is 12.1. The molecule has 3 heteroatoms. The average molecular weight is 331 g/mol. The number of aryl methyl sites for hydroxylation is 2. The molecule has 0 saturated heterocycles. The maximum atomic E-state index is 12.2. The van der Waals surface area contributed by atoms with E-state index in [1.54, 1.807) is 0 Å². The summed E-state index contributed by atoms with van der Waals surface area (Å²) in [6, 6.07) is 23.1. The smallest absolute Gasteiger partial charge is 0.228 e. The molecule has 0 aliphatic carbocycles. The van der Waals surface area contributed by atoms with Crippen molar-refractivity contribution in [2.45, 2.75) is 20.3 Å². The van der Waals surface area contributed by atoms with Crippen molar-refractivity contribution in [3.63, 3.8) is 0 Å². The number of hydrogen-bond donors (Lipinski definition) is 1. The standard InChI is InChI=1S/C22H21NO2/c1-16-8-9-18(14-17(16)2)15-22(24)23-19-10-12-21(13-11-19)25-20-6-4-3-5-7-20/h3-14H,15H2,1-2H3,(H,23,24). The third-order valence-corrected chi connectivity index (χ3v) is 4.05.